The van der Waals surface area contributed by atoms with Gasteiger partial charge in [-0.1, -0.05) is 12.1 Å². The fourth-order valence-electron chi connectivity index (χ4n) is 1.97. The van der Waals surface area contributed by atoms with Crippen molar-refractivity contribution in [1.29, 1.82) is 0 Å². The minimum absolute atomic E-state index is 0.189. The molecule has 0 fully saturated rings. The molecule has 2 heterocycles. The van der Waals surface area contributed by atoms with Gasteiger partial charge in [0.15, 0.2) is 0 Å². The second-order valence-corrected chi connectivity index (χ2v) is 5.78. The first-order chi connectivity index (χ1) is 10.6. The maximum Gasteiger partial charge on any atom is 0.272 e. The van der Waals surface area contributed by atoms with Crippen molar-refractivity contribution >= 4 is 34.4 Å². The van der Waals surface area contributed by atoms with Gasteiger partial charge in [0.2, 0.25) is 5.43 Å². The maximum atomic E-state index is 12.2. The molecule has 0 unspecified atom stereocenters. The molecule has 3 aromatic rings. The molecule has 1 aromatic carbocycles. The minimum Gasteiger partial charge on any atom is -0.463 e. The number of fused-ring (bicyclic) bond motifs is 1. The molecule has 1 amide bonds. The number of nitrogens with zero attached hydrogens (tertiary/aromatic N) is 1. The lowest BCUT2D eigenvalue weighted by atomic mass is 10.2. The van der Waals surface area contributed by atoms with Crippen LogP contribution in [0.1, 0.15) is 20.8 Å². The number of benzene rings is 1. The standard InChI is InChI=1S/C16H12N2O3S/c1-10-6-11(9-22-10)16(20)18-17-7-12-8-21-14-5-3-2-4-13(14)15(12)19/h2-9H,1H3,(H,18,20). The van der Waals surface area contributed by atoms with Crippen LogP contribution in [0.5, 0.6) is 0 Å². The Hall–Kier alpha value is -2.73. The van der Waals surface area contributed by atoms with Crippen molar-refractivity contribution in [2.45, 2.75) is 6.92 Å². The van der Waals surface area contributed by atoms with Crippen molar-refractivity contribution in [2.24, 2.45) is 5.10 Å². The molecule has 3 rings (SSSR count). The summed E-state index contributed by atoms with van der Waals surface area (Å²) in [5, 5.41) is 6.05. The first-order valence-corrected chi connectivity index (χ1v) is 7.42. The smallest absolute Gasteiger partial charge is 0.272 e. The Kier molecular flexibility index (Phi) is 3.84. The summed E-state index contributed by atoms with van der Waals surface area (Å²) in [4.78, 5) is 25.1. The number of rotatable bonds is 3. The number of carbonyl (C=O) groups excluding carboxylic acids is 1. The van der Waals surface area contributed by atoms with Gasteiger partial charge in [-0.2, -0.15) is 5.10 Å². The average Bonchev–Trinajstić information content (AvgIpc) is 2.96. The van der Waals surface area contributed by atoms with Crippen LogP contribution in [0.25, 0.3) is 11.0 Å². The zero-order valence-electron chi connectivity index (χ0n) is 11.7. The Morgan fingerprint density at radius 2 is 2.18 bits per heavy atom. The fraction of sp³-hybridized carbons (Fsp3) is 0.0625. The van der Waals surface area contributed by atoms with E-state index in [1.54, 1.807) is 35.7 Å². The molecule has 0 aliphatic carbocycles. The minimum atomic E-state index is -0.314. The van der Waals surface area contributed by atoms with Gasteiger partial charge in [0.1, 0.15) is 11.8 Å². The molecule has 0 spiro atoms. The second-order valence-electron chi connectivity index (χ2n) is 4.66. The lowest BCUT2D eigenvalue weighted by molar-refractivity contribution is 0.0955. The molecule has 0 atom stereocenters. The maximum absolute atomic E-state index is 12.2. The first-order valence-electron chi connectivity index (χ1n) is 6.54. The quantitative estimate of drug-likeness (QED) is 0.597. The topological polar surface area (TPSA) is 71.7 Å². The van der Waals surface area contributed by atoms with E-state index >= 15 is 0 Å². The zero-order valence-corrected chi connectivity index (χ0v) is 12.5. The highest BCUT2D eigenvalue weighted by Crippen LogP contribution is 2.12. The molecule has 22 heavy (non-hydrogen) atoms. The van der Waals surface area contributed by atoms with Crippen molar-refractivity contribution in [3.05, 3.63) is 68.2 Å². The van der Waals surface area contributed by atoms with Crippen LogP contribution in [-0.2, 0) is 0 Å². The van der Waals surface area contributed by atoms with E-state index < -0.39 is 0 Å². The average molecular weight is 312 g/mol. The Morgan fingerprint density at radius 3 is 2.95 bits per heavy atom. The van der Waals surface area contributed by atoms with Crippen LogP contribution in [0.4, 0.5) is 0 Å². The SMILES string of the molecule is Cc1cc(C(=O)NN=Cc2coc3ccccc3c2=O)cs1. The summed E-state index contributed by atoms with van der Waals surface area (Å²) in [5.41, 5.74) is 3.54. The molecule has 110 valence electrons. The van der Waals surface area contributed by atoms with Crippen molar-refractivity contribution < 1.29 is 9.21 Å². The van der Waals surface area contributed by atoms with Crippen LogP contribution in [0.2, 0.25) is 0 Å². The Bertz CT molecular complexity index is 924. The number of para-hydroxylation sites is 1. The largest absolute Gasteiger partial charge is 0.463 e. The number of thiophene rings is 1. The van der Waals surface area contributed by atoms with Gasteiger partial charge in [-0.05, 0) is 25.1 Å². The molecule has 6 heteroatoms. The molecule has 1 N–H and O–H groups in total. The summed E-state index contributed by atoms with van der Waals surface area (Å²) in [6.07, 6.45) is 2.62. The number of aryl methyl sites for hydroxylation is 1. The Labute approximate surface area is 129 Å². The van der Waals surface area contributed by atoms with Gasteiger partial charge in [0.25, 0.3) is 5.91 Å². The molecule has 0 aliphatic rings. The van der Waals surface area contributed by atoms with Gasteiger partial charge in [-0.15, -0.1) is 11.3 Å². The van der Waals surface area contributed by atoms with Crippen molar-refractivity contribution in [3.63, 3.8) is 0 Å². The summed E-state index contributed by atoms with van der Waals surface area (Å²) >= 11 is 1.49. The normalized spacial score (nSPS) is 11.1. The van der Waals surface area contributed by atoms with E-state index in [0.29, 0.717) is 16.5 Å². The van der Waals surface area contributed by atoms with E-state index in [-0.39, 0.29) is 16.9 Å². The zero-order chi connectivity index (χ0) is 15.5. The number of carbonyl (C=O) groups is 1. The third-order valence-electron chi connectivity index (χ3n) is 3.07. The van der Waals surface area contributed by atoms with Gasteiger partial charge in [0, 0.05) is 10.3 Å². The molecule has 0 bridgehead atoms. The number of amides is 1. The van der Waals surface area contributed by atoms with Crippen molar-refractivity contribution in [1.82, 2.24) is 5.43 Å². The molecule has 0 saturated heterocycles. The van der Waals surface area contributed by atoms with Crippen LogP contribution in [0.3, 0.4) is 0 Å². The molecular weight excluding hydrogens is 300 g/mol. The molecule has 0 aliphatic heterocycles. The Balaban J connectivity index is 1.80. The van der Waals surface area contributed by atoms with E-state index in [1.165, 1.54) is 23.8 Å². The second kappa shape index (κ2) is 5.95. The van der Waals surface area contributed by atoms with E-state index in [2.05, 4.69) is 10.5 Å². The predicted octanol–water partition coefficient (Wildman–Crippen LogP) is 2.93. The first kappa shape index (κ1) is 14.2. The molecule has 5 nitrogen and oxygen atoms in total. The van der Waals surface area contributed by atoms with Crippen LogP contribution in [0.15, 0.2) is 56.3 Å². The van der Waals surface area contributed by atoms with Crippen molar-refractivity contribution in [2.75, 3.05) is 0 Å². The summed E-state index contributed by atoms with van der Waals surface area (Å²) in [7, 11) is 0. The van der Waals surface area contributed by atoms with Gasteiger partial charge in [-0.25, -0.2) is 5.43 Å². The molecular formula is C16H12N2O3S. The Morgan fingerprint density at radius 1 is 1.36 bits per heavy atom. The third-order valence-corrected chi connectivity index (χ3v) is 3.93. The summed E-state index contributed by atoms with van der Waals surface area (Å²) in [6.45, 7) is 1.92. The van der Waals surface area contributed by atoms with E-state index in [4.69, 9.17) is 4.42 Å². The highest BCUT2D eigenvalue weighted by Gasteiger charge is 2.07. The van der Waals surface area contributed by atoms with Crippen LogP contribution < -0.4 is 10.9 Å². The van der Waals surface area contributed by atoms with Crippen molar-refractivity contribution in [3.8, 4) is 0 Å². The molecule has 0 saturated carbocycles. The van der Waals surface area contributed by atoms with Crippen LogP contribution in [0, 0.1) is 6.92 Å². The fourth-order valence-corrected chi connectivity index (χ4v) is 2.65. The predicted molar refractivity (Wildman–Crippen MR) is 86.6 cm³/mol. The number of nitrogens with one attached hydrogen (secondary N) is 1. The van der Waals surface area contributed by atoms with Gasteiger partial charge in [-0.3, -0.25) is 9.59 Å². The lowest BCUT2D eigenvalue weighted by Crippen LogP contribution is -2.18. The summed E-state index contributed by atoms with van der Waals surface area (Å²) < 4.78 is 5.37. The highest BCUT2D eigenvalue weighted by atomic mass is 32.1. The van der Waals surface area contributed by atoms with Gasteiger partial charge >= 0.3 is 0 Å². The molecule has 2 aromatic heterocycles. The number of hydrogen-bond donors (Lipinski definition) is 1. The highest BCUT2D eigenvalue weighted by molar-refractivity contribution is 7.10. The van der Waals surface area contributed by atoms with Crippen LogP contribution in [-0.4, -0.2) is 12.1 Å². The number of hydrazone groups is 1. The van der Waals surface area contributed by atoms with Gasteiger partial charge in [0.05, 0.1) is 22.7 Å². The monoisotopic (exact) mass is 312 g/mol. The lowest BCUT2D eigenvalue weighted by Gasteiger charge is -1.98. The van der Waals surface area contributed by atoms with E-state index in [1.807, 2.05) is 6.92 Å². The number of hydrogen-bond acceptors (Lipinski definition) is 5. The third kappa shape index (κ3) is 2.82. The summed E-state index contributed by atoms with van der Waals surface area (Å²) in [6, 6.07) is 8.74. The van der Waals surface area contributed by atoms with Crippen LogP contribution >= 0.6 is 11.3 Å². The van der Waals surface area contributed by atoms with E-state index in [9.17, 15) is 9.59 Å². The van der Waals surface area contributed by atoms with Gasteiger partial charge < -0.3 is 4.42 Å². The van der Waals surface area contributed by atoms with E-state index in [0.717, 1.165) is 4.88 Å². The molecule has 0 radical (unpaired) electrons. The summed E-state index contributed by atoms with van der Waals surface area (Å²) in [5.74, 6) is -0.314.